The highest BCUT2D eigenvalue weighted by Crippen LogP contribution is 2.22. The quantitative estimate of drug-likeness (QED) is 0.408. The summed E-state index contributed by atoms with van der Waals surface area (Å²) in [5, 5.41) is 15.7. The molecule has 1 saturated heterocycles. The van der Waals surface area contributed by atoms with Crippen LogP contribution in [0.3, 0.4) is 0 Å². The van der Waals surface area contributed by atoms with Gasteiger partial charge in [0, 0.05) is 11.2 Å². The van der Waals surface area contributed by atoms with Crippen LogP contribution < -0.4 is 15.6 Å². The molecule has 1 heterocycles. The van der Waals surface area contributed by atoms with Gasteiger partial charge < -0.3 is 5.11 Å². The number of amides is 5. The predicted molar refractivity (Wildman–Crippen MR) is 100 cm³/mol. The van der Waals surface area contributed by atoms with Gasteiger partial charge in [-0.3, -0.25) is 19.7 Å². The number of nitrogens with one attached hydrogen (secondary N) is 2. The Balaban J connectivity index is 1.76. The van der Waals surface area contributed by atoms with E-state index in [4.69, 9.17) is 11.6 Å². The van der Waals surface area contributed by atoms with Gasteiger partial charge in [0.15, 0.2) is 5.92 Å². The number of halogens is 1. The number of hydrazone groups is 1. The summed E-state index contributed by atoms with van der Waals surface area (Å²) in [6, 6.07) is 10.8. The Labute approximate surface area is 163 Å². The Morgan fingerprint density at radius 3 is 2.50 bits per heavy atom. The summed E-state index contributed by atoms with van der Waals surface area (Å²) < 4.78 is 0. The Bertz CT molecular complexity index is 990. The lowest BCUT2D eigenvalue weighted by Gasteiger charge is -2.28. The second kappa shape index (κ2) is 7.89. The van der Waals surface area contributed by atoms with E-state index in [-0.39, 0.29) is 17.0 Å². The minimum Gasteiger partial charge on any atom is -0.507 e. The molecular formula is C18H13ClN4O5. The number of aromatic hydroxyl groups is 1. The number of rotatable bonds is 4. The van der Waals surface area contributed by atoms with E-state index < -0.39 is 29.7 Å². The third kappa shape index (κ3) is 3.84. The van der Waals surface area contributed by atoms with Crippen molar-refractivity contribution in [2.24, 2.45) is 11.0 Å². The zero-order valence-corrected chi connectivity index (χ0v) is 14.9. The van der Waals surface area contributed by atoms with Gasteiger partial charge in [-0.1, -0.05) is 23.7 Å². The lowest BCUT2D eigenvalue weighted by Crippen LogP contribution is -2.58. The maximum Gasteiger partial charge on any atom is 0.335 e. The SMILES string of the molecule is O=C(N/N=C\[C@@H]1C(=O)NC(=O)N(c2ccc(Cl)cc2)C1=O)c1ccccc1O. The Morgan fingerprint density at radius 2 is 1.82 bits per heavy atom. The monoisotopic (exact) mass is 400 g/mol. The highest BCUT2D eigenvalue weighted by Gasteiger charge is 2.40. The summed E-state index contributed by atoms with van der Waals surface area (Å²) in [7, 11) is 0. The van der Waals surface area contributed by atoms with Gasteiger partial charge in [0.05, 0.1) is 11.3 Å². The number of imide groups is 2. The van der Waals surface area contributed by atoms with Crippen LogP contribution in [0.25, 0.3) is 0 Å². The van der Waals surface area contributed by atoms with Gasteiger partial charge >= 0.3 is 6.03 Å². The van der Waals surface area contributed by atoms with Crippen molar-refractivity contribution in [1.29, 1.82) is 0 Å². The fourth-order valence-electron chi connectivity index (χ4n) is 2.45. The molecule has 2 aromatic carbocycles. The number of anilines is 1. The number of barbiturate groups is 1. The van der Waals surface area contributed by atoms with Crippen molar-refractivity contribution in [3.05, 3.63) is 59.1 Å². The first-order valence-electron chi connectivity index (χ1n) is 7.94. The first kappa shape index (κ1) is 19.1. The average Bonchev–Trinajstić information content (AvgIpc) is 2.66. The fraction of sp³-hybridized carbons (Fsp3) is 0.0556. The summed E-state index contributed by atoms with van der Waals surface area (Å²) in [5.74, 6) is -4.12. The first-order valence-corrected chi connectivity index (χ1v) is 8.32. The van der Waals surface area contributed by atoms with E-state index in [0.29, 0.717) is 5.02 Å². The van der Waals surface area contributed by atoms with E-state index in [1.54, 1.807) is 12.1 Å². The minimum atomic E-state index is -1.43. The second-order valence-electron chi connectivity index (χ2n) is 5.66. The topological polar surface area (TPSA) is 128 Å². The lowest BCUT2D eigenvalue weighted by molar-refractivity contribution is -0.131. The van der Waals surface area contributed by atoms with E-state index in [1.807, 2.05) is 0 Å². The highest BCUT2D eigenvalue weighted by atomic mass is 35.5. The van der Waals surface area contributed by atoms with Crippen molar-refractivity contribution >= 4 is 47.3 Å². The van der Waals surface area contributed by atoms with Crippen LogP contribution in [0.1, 0.15) is 10.4 Å². The third-order valence-electron chi connectivity index (χ3n) is 3.83. The fourth-order valence-corrected chi connectivity index (χ4v) is 2.58. The molecule has 0 aromatic heterocycles. The molecule has 3 rings (SSSR count). The van der Waals surface area contributed by atoms with Gasteiger partial charge in [0.25, 0.3) is 11.8 Å². The van der Waals surface area contributed by atoms with Crippen LogP contribution in [0, 0.1) is 5.92 Å². The number of carbonyl (C=O) groups excluding carboxylic acids is 4. The molecule has 0 radical (unpaired) electrons. The molecule has 0 bridgehead atoms. The molecule has 5 amide bonds. The van der Waals surface area contributed by atoms with E-state index in [9.17, 15) is 24.3 Å². The van der Waals surface area contributed by atoms with Gasteiger partial charge in [-0.25, -0.2) is 15.1 Å². The Kier molecular flexibility index (Phi) is 5.37. The normalized spacial score (nSPS) is 17.0. The number of phenolic OH excluding ortho intramolecular Hbond substituents is 1. The number of benzene rings is 2. The van der Waals surface area contributed by atoms with E-state index in [1.165, 1.54) is 36.4 Å². The molecule has 0 aliphatic carbocycles. The zero-order chi connectivity index (χ0) is 20.3. The molecule has 0 spiro atoms. The van der Waals surface area contributed by atoms with Crippen molar-refractivity contribution in [3.63, 3.8) is 0 Å². The summed E-state index contributed by atoms with van der Waals surface area (Å²) in [5.41, 5.74) is 2.31. The molecule has 1 aliphatic heterocycles. The summed E-state index contributed by atoms with van der Waals surface area (Å²) in [6.07, 6.45) is 0.908. The lowest BCUT2D eigenvalue weighted by atomic mass is 10.1. The molecule has 9 nitrogen and oxygen atoms in total. The maximum atomic E-state index is 12.6. The molecule has 1 aliphatic rings. The second-order valence-corrected chi connectivity index (χ2v) is 6.09. The van der Waals surface area contributed by atoms with Crippen LogP contribution in [0.15, 0.2) is 53.6 Å². The molecule has 0 saturated carbocycles. The van der Waals surface area contributed by atoms with Gasteiger partial charge in [-0.2, -0.15) is 5.10 Å². The molecule has 28 heavy (non-hydrogen) atoms. The van der Waals surface area contributed by atoms with Crippen LogP contribution in [-0.4, -0.2) is 35.1 Å². The minimum absolute atomic E-state index is 0.0305. The van der Waals surface area contributed by atoms with Gasteiger partial charge in [0.1, 0.15) is 5.75 Å². The smallest absolute Gasteiger partial charge is 0.335 e. The number of urea groups is 1. The van der Waals surface area contributed by atoms with Crippen molar-refractivity contribution < 1.29 is 24.3 Å². The molecule has 142 valence electrons. The van der Waals surface area contributed by atoms with E-state index in [2.05, 4.69) is 15.8 Å². The number of carbonyl (C=O) groups is 4. The summed E-state index contributed by atoms with van der Waals surface area (Å²) >= 11 is 5.80. The molecule has 10 heteroatoms. The Morgan fingerprint density at radius 1 is 1.14 bits per heavy atom. The van der Waals surface area contributed by atoms with Gasteiger partial charge in [-0.05, 0) is 36.4 Å². The largest absolute Gasteiger partial charge is 0.507 e. The molecule has 0 unspecified atom stereocenters. The van der Waals surface area contributed by atoms with Crippen LogP contribution in [0.4, 0.5) is 10.5 Å². The van der Waals surface area contributed by atoms with E-state index in [0.717, 1.165) is 11.1 Å². The number of hydrogen-bond donors (Lipinski definition) is 3. The van der Waals surface area contributed by atoms with Crippen molar-refractivity contribution in [1.82, 2.24) is 10.7 Å². The summed E-state index contributed by atoms with van der Waals surface area (Å²) in [4.78, 5) is 49.4. The number of para-hydroxylation sites is 1. The zero-order valence-electron chi connectivity index (χ0n) is 14.1. The van der Waals surface area contributed by atoms with Crippen molar-refractivity contribution in [3.8, 4) is 5.75 Å². The van der Waals surface area contributed by atoms with E-state index >= 15 is 0 Å². The number of nitrogens with zero attached hydrogens (tertiary/aromatic N) is 2. The molecule has 1 fully saturated rings. The summed E-state index contributed by atoms with van der Waals surface area (Å²) in [6.45, 7) is 0. The standard InChI is InChI=1S/C18H13ClN4O5/c19-10-5-7-11(8-6-10)23-17(27)13(15(25)21-18(23)28)9-20-22-16(26)12-3-1-2-4-14(12)24/h1-9,13,24H,(H,22,26)(H,21,25,28)/b20-9-/t13-/m1/s1. The van der Waals surface area contributed by atoms with Crippen LogP contribution in [0.5, 0.6) is 5.75 Å². The third-order valence-corrected chi connectivity index (χ3v) is 4.08. The maximum absolute atomic E-state index is 12.6. The van der Waals surface area contributed by atoms with Crippen molar-refractivity contribution in [2.75, 3.05) is 4.90 Å². The molecular weight excluding hydrogens is 388 g/mol. The van der Waals surface area contributed by atoms with Crippen LogP contribution in [-0.2, 0) is 9.59 Å². The number of hydrogen-bond acceptors (Lipinski definition) is 6. The molecule has 1 atom stereocenters. The first-order chi connectivity index (χ1) is 13.4. The van der Waals surface area contributed by atoms with Crippen LogP contribution >= 0.6 is 11.6 Å². The average molecular weight is 401 g/mol. The van der Waals surface area contributed by atoms with Crippen LogP contribution in [0.2, 0.25) is 5.02 Å². The van der Waals surface area contributed by atoms with Gasteiger partial charge in [0.2, 0.25) is 5.91 Å². The van der Waals surface area contributed by atoms with Crippen molar-refractivity contribution in [2.45, 2.75) is 0 Å². The highest BCUT2D eigenvalue weighted by molar-refractivity contribution is 6.33. The predicted octanol–water partition coefficient (Wildman–Crippen LogP) is 1.66. The molecule has 2 aromatic rings. The number of phenols is 1. The molecule has 3 N–H and O–H groups in total. The Hall–Kier alpha value is -3.72. The van der Waals surface area contributed by atoms with Gasteiger partial charge in [-0.15, -0.1) is 0 Å².